The molecule has 1 heterocycles. The minimum atomic E-state index is -0.140. The molecular weight excluding hydrogens is 246 g/mol. The third-order valence-electron chi connectivity index (χ3n) is 3.31. The van der Waals surface area contributed by atoms with Crippen molar-refractivity contribution in [3.63, 3.8) is 0 Å². The molecule has 2 N–H and O–H groups in total. The van der Waals surface area contributed by atoms with E-state index in [1.54, 1.807) is 23.1 Å². The number of carbonyl (C=O) groups excluding carboxylic acids is 1. The lowest BCUT2D eigenvalue weighted by atomic mass is 10.1. The van der Waals surface area contributed by atoms with Crippen LogP contribution in [0.3, 0.4) is 0 Å². The first-order chi connectivity index (χ1) is 9.22. The fourth-order valence-electron chi connectivity index (χ4n) is 2.27. The summed E-state index contributed by atoms with van der Waals surface area (Å²) in [7, 11) is 0. The number of ether oxygens (including phenoxy) is 1. The first-order valence-electron chi connectivity index (χ1n) is 6.52. The number of amides is 1. The van der Waals surface area contributed by atoms with Crippen LogP contribution in [-0.4, -0.2) is 53.4 Å². The lowest BCUT2D eigenvalue weighted by Crippen LogP contribution is -2.41. The number of carbonyl (C=O) groups is 1. The Morgan fingerprint density at radius 1 is 1.32 bits per heavy atom. The quantitative estimate of drug-likeness (QED) is 0.852. The molecule has 0 aliphatic carbocycles. The van der Waals surface area contributed by atoms with E-state index >= 15 is 0 Å². The van der Waals surface area contributed by atoms with Crippen LogP contribution in [0, 0.1) is 0 Å². The maximum Gasteiger partial charge on any atom is 0.257 e. The van der Waals surface area contributed by atoms with E-state index in [0.717, 1.165) is 12.8 Å². The molecule has 0 radical (unpaired) electrons. The van der Waals surface area contributed by atoms with Gasteiger partial charge in [0.2, 0.25) is 0 Å². The van der Waals surface area contributed by atoms with E-state index in [4.69, 9.17) is 9.84 Å². The van der Waals surface area contributed by atoms with Crippen molar-refractivity contribution in [2.75, 3.05) is 26.3 Å². The fourth-order valence-corrected chi connectivity index (χ4v) is 2.27. The summed E-state index contributed by atoms with van der Waals surface area (Å²) < 4.78 is 5.45. The number of benzene rings is 1. The van der Waals surface area contributed by atoms with Gasteiger partial charge in [-0.25, -0.2) is 0 Å². The summed E-state index contributed by atoms with van der Waals surface area (Å²) in [5.41, 5.74) is 0.345. The number of phenolic OH excluding ortho intramolecular Hbond substituents is 1. The van der Waals surface area contributed by atoms with Crippen molar-refractivity contribution >= 4 is 5.91 Å². The average molecular weight is 265 g/mol. The molecule has 0 bridgehead atoms. The van der Waals surface area contributed by atoms with Crippen molar-refractivity contribution in [3.8, 4) is 5.75 Å². The lowest BCUT2D eigenvalue weighted by molar-refractivity contribution is -0.00558. The van der Waals surface area contributed by atoms with Crippen LogP contribution in [-0.2, 0) is 4.74 Å². The molecule has 2 rings (SSSR count). The third kappa shape index (κ3) is 3.45. The van der Waals surface area contributed by atoms with Crippen LogP contribution in [0.2, 0.25) is 0 Å². The molecule has 1 aliphatic rings. The second-order valence-electron chi connectivity index (χ2n) is 4.60. The Morgan fingerprint density at radius 3 is 2.63 bits per heavy atom. The predicted octanol–water partition coefficient (Wildman–Crippen LogP) is 1.01. The zero-order valence-electron chi connectivity index (χ0n) is 10.8. The third-order valence-corrected chi connectivity index (χ3v) is 3.31. The second-order valence-corrected chi connectivity index (χ2v) is 4.60. The molecule has 0 spiro atoms. The molecule has 104 valence electrons. The van der Waals surface area contributed by atoms with Crippen LogP contribution in [0.15, 0.2) is 24.3 Å². The van der Waals surface area contributed by atoms with Crippen LogP contribution in [0.5, 0.6) is 5.75 Å². The smallest absolute Gasteiger partial charge is 0.257 e. The van der Waals surface area contributed by atoms with Crippen molar-refractivity contribution in [1.82, 2.24) is 4.90 Å². The van der Waals surface area contributed by atoms with Crippen LogP contribution in [0.4, 0.5) is 0 Å². The van der Waals surface area contributed by atoms with Crippen molar-refractivity contribution < 1.29 is 19.7 Å². The van der Waals surface area contributed by atoms with E-state index in [2.05, 4.69) is 0 Å². The average Bonchev–Trinajstić information content (AvgIpc) is 2.45. The van der Waals surface area contributed by atoms with Gasteiger partial charge in [0.05, 0.1) is 24.9 Å². The summed E-state index contributed by atoms with van der Waals surface area (Å²) in [6.45, 7) is 1.60. The summed E-state index contributed by atoms with van der Waals surface area (Å²) in [5.74, 6) is -0.120. The number of aromatic hydroxyl groups is 1. The number of rotatable bonds is 4. The van der Waals surface area contributed by atoms with Gasteiger partial charge in [0.1, 0.15) is 5.75 Å². The number of aliphatic hydroxyl groups excluding tert-OH is 1. The first-order valence-corrected chi connectivity index (χ1v) is 6.52. The number of aliphatic hydroxyl groups is 1. The zero-order valence-corrected chi connectivity index (χ0v) is 10.8. The molecule has 0 aromatic heterocycles. The molecular formula is C14H19NO4. The molecule has 1 aromatic carbocycles. The summed E-state index contributed by atoms with van der Waals surface area (Å²) in [5, 5.41) is 18.4. The number of nitrogens with zero attached hydrogens (tertiary/aromatic N) is 1. The number of piperidine rings is 1. The maximum atomic E-state index is 12.2. The largest absolute Gasteiger partial charge is 0.507 e. The first kappa shape index (κ1) is 13.8. The van der Waals surface area contributed by atoms with E-state index in [1.807, 2.05) is 0 Å². The van der Waals surface area contributed by atoms with Gasteiger partial charge in [-0.2, -0.15) is 0 Å². The minimum Gasteiger partial charge on any atom is -0.507 e. The fraction of sp³-hybridized carbons (Fsp3) is 0.500. The highest BCUT2D eigenvalue weighted by molar-refractivity contribution is 5.96. The van der Waals surface area contributed by atoms with Gasteiger partial charge < -0.3 is 19.8 Å². The van der Waals surface area contributed by atoms with Gasteiger partial charge in [0, 0.05) is 13.1 Å². The Hall–Kier alpha value is -1.59. The summed E-state index contributed by atoms with van der Waals surface area (Å²) >= 11 is 0. The predicted molar refractivity (Wildman–Crippen MR) is 70.1 cm³/mol. The van der Waals surface area contributed by atoms with E-state index in [1.165, 1.54) is 6.07 Å². The minimum absolute atomic E-state index is 0.0196. The molecule has 1 aliphatic heterocycles. The molecule has 1 fully saturated rings. The number of hydrogen-bond donors (Lipinski definition) is 2. The molecule has 1 saturated heterocycles. The number of phenols is 1. The monoisotopic (exact) mass is 265 g/mol. The number of para-hydroxylation sites is 1. The summed E-state index contributed by atoms with van der Waals surface area (Å²) in [6, 6.07) is 6.58. The highest BCUT2D eigenvalue weighted by Crippen LogP contribution is 2.21. The van der Waals surface area contributed by atoms with E-state index < -0.39 is 0 Å². The van der Waals surface area contributed by atoms with Gasteiger partial charge >= 0.3 is 0 Å². The zero-order chi connectivity index (χ0) is 13.7. The normalized spacial score (nSPS) is 16.6. The van der Waals surface area contributed by atoms with Crippen molar-refractivity contribution in [3.05, 3.63) is 29.8 Å². The summed E-state index contributed by atoms with van der Waals surface area (Å²) in [6.07, 6.45) is 1.64. The van der Waals surface area contributed by atoms with Gasteiger partial charge in [-0.3, -0.25) is 4.79 Å². The summed E-state index contributed by atoms with van der Waals surface area (Å²) in [4.78, 5) is 14.0. The molecule has 19 heavy (non-hydrogen) atoms. The van der Waals surface area contributed by atoms with Gasteiger partial charge in [0.15, 0.2) is 0 Å². The molecule has 0 atom stereocenters. The molecule has 1 amide bonds. The Morgan fingerprint density at radius 2 is 2.00 bits per heavy atom. The molecule has 5 heteroatoms. The Bertz CT molecular complexity index is 427. The van der Waals surface area contributed by atoms with Gasteiger partial charge in [-0.15, -0.1) is 0 Å². The van der Waals surface area contributed by atoms with E-state index in [0.29, 0.717) is 25.3 Å². The van der Waals surface area contributed by atoms with Gasteiger partial charge in [0.25, 0.3) is 5.91 Å². The number of hydrogen-bond acceptors (Lipinski definition) is 4. The van der Waals surface area contributed by atoms with Crippen molar-refractivity contribution in [2.45, 2.75) is 18.9 Å². The Balaban J connectivity index is 1.91. The molecule has 0 saturated carbocycles. The van der Waals surface area contributed by atoms with Crippen molar-refractivity contribution in [1.29, 1.82) is 0 Å². The van der Waals surface area contributed by atoms with Crippen LogP contribution in [0.1, 0.15) is 23.2 Å². The van der Waals surface area contributed by atoms with Crippen molar-refractivity contribution in [2.24, 2.45) is 0 Å². The highest BCUT2D eigenvalue weighted by Gasteiger charge is 2.25. The van der Waals surface area contributed by atoms with Crippen LogP contribution >= 0.6 is 0 Å². The van der Waals surface area contributed by atoms with Gasteiger partial charge in [-0.05, 0) is 25.0 Å². The second kappa shape index (κ2) is 6.54. The number of likely N-dealkylation sites (tertiary alicyclic amines) is 1. The molecule has 5 nitrogen and oxygen atoms in total. The standard InChI is InChI=1S/C14H19NO4/c16-9-10-19-11-5-7-15(8-6-11)14(18)12-3-1-2-4-13(12)17/h1-4,11,16-17H,5-10H2. The van der Waals surface area contributed by atoms with Crippen LogP contribution in [0.25, 0.3) is 0 Å². The SMILES string of the molecule is O=C(c1ccccc1O)N1CCC(OCCO)CC1. The van der Waals surface area contributed by atoms with Crippen LogP contribution < -0.4 is 0 Å². The Labute approximate surface area is 112 Å². The maximum absolute atomic E-state index is 12.2. The molecule has 0 unspecified atom stereocenters. The highest BCUT2D eigenvalue weighted by atomic mass is 16.5. The lowest BCUT2D eigenvalue weighted by Gasteiger charge is -2.32. The molecule has 1 aromatic rings. The van der Waals surface area contributed by atoms with Gasteiger partial charge in [-0.1, -0.05) is 12.1 Å². The van der Waals surface area contributed by atoms with E-state index in [-0.39, 0.29) is 24.4 Å². The van der Waals surface area contributed by atoms with E-state index in [9.17, 15) is 9.90 Å². The topological polar surface area (TPSA) is 70.0 Å². The Kier molecular flexibility index (Phi) is 4.76.